The normalized spacial score (nSPS) is 11.1. The third kappa shape index (κ3) is 4.35. The fourth-order valence-electron chi connectivity index (χ4n) is 1.83. The number of nitro benzene ring substituents is 1. The Hall–Kier alpha value is -2.88. The topological polar surface area (TPSA) is 84.3 Å². The van der Waals surface area contributed by atoms with Crippen molar-refractivity contribution in [2.45, 2.75) is 6.18 Å². The number of hydrazine groups is 1. The van der Waals surface area contributed by atoms with Gasteiger partial charge in [0, 0.05) is 6.07 Å². The zero-order valence-corrected chi connectivity index (χ0v) is 12.8. The summed E-state index contributed by atoms with van der Waals surface area (Å²) in [5.74, 6) is -1.54. The van der Waals surface area contributed by atoms with Crippen LogP contribution < -0.4 is 10.9 Å². The average Bonchev–Trinajstić information content (AvgIpc) is 2.51. The second-order valence-electron chi connectivity index (χ2n) is 4.69. The average molecular weight is 378 g/mol. The largest absolute Gasteiger partial charge is 0.416 e. The predicted molar refractivity (Wildman–Crippen MR) is 80.6 cm³/mol. The Morgan fingerprint density at radius 2 is 1.84 bits per heavy atom. The summed E-state index contributed by atoms with van der Waals surface area (Å²) in [7, 11) is 0. The lowest BCUT2D eigenvalue weighted by molar-refractivity contribution is -0.384. The molecule has 0 saturated carbocycles. The maximum absolute atomic E-state index is 12.9. The summed E-state index contributed by atoms with van der Waals surface area (Å²) in [5.41, 5.74) is 1.60. The SMILES string of the molecule is O=C(NNc1ccc(C(F)(F)F)cc1[N+](=O)[O-])c1ccc(F)cc1Cl. The van der Waals surface area contributed by atoms with Gasteiger partial charge in [-0.3, -0.25) is 25.8 Å². The number of nitrogens with zero attached hydrogens (tertiary/aromatic N) is 1. The highest BCUT2D eigenvalue weighted by atomic mass is 35.5. The van der Waals surface area contributed by atoms with Gasteiger partial charge in [-0.2, -0.15) is 13.2 Å². The lowest BCUT2D eigenvalue weighted by Gasteiger charge is -2.12. The fourth-order valence-corrected chi connectivity index (χ4v) is 2.08. The van der Waals surface area contributed by atoms with Crippen molar-refractivity contribution in [3.8, 4) is 0 Å². The monoisotopic (exact) mass is 377 g/mol. The minimum atomic E-state index is -4.76. The van der Waals surface area contributed by atoms with Crippen molar-refractivity contribution in [3.05, 3.63) is 68.5 Å². The molecule has 1 amide bonds. The molecule has 11 heteroatoms. The Morgan fingerprint density at radius 3 is 2.40 bits per heavy atom. The number of anilines is 1. The summed E-state index contributed by atoms with van der Waals surface area (Å²) in [5, 5.41) is 10.7. The maximum atomic E-state index is 12.9. The standard InChI is InChI=1S/C14H8ClF4N3O3/c15-10-6-8(16)2-3-9(10)13(23)21-20-11-4-1-7(14(17,18)19)5-12(11)22(24)25/h1-6,20H,(H,21,23). The van der Waals surface area contributed by atoms with Gasteiger partial charge < -0.3 is 0 Å². The van der Waals surface area contributed by atoms with E-state index in [2.05, 4.69) is 5.43 Å². The van der Waals surface area contributed by atoms with Crippen LogP contribution in [-0.4, -0.2) is 10.8 Å². The van der Waals surface area contributed by atoms with Gasteiger partial charge in [0.1, 0.15) is 11.5 Å². The van der Waals surface area contributed by atoms with E-state index in [4.69, 9.17) is 11.6 Å². The first-order chi connectivity index (χ1) is 11.6. The first-order valence-corrected chi connectivity index (χ1v) is 6.84. The highest BCUT2D eigenvalue weighted by Crippen LogP contribution is 2.34. The second kappa shape index (κ2) is 6.93. The van der Waals surface area contributed by atoms with Crippen LogP contribution in [0.25, 0.3) is 0 Å². The van der Waals surface area contributed by atoms with Gasteiger partial charge in [0.05, 0.1) is 21.1 Å². The van der Waals surface area contributed by atoms with E-state index in [1.807, 2.05) is 5.43 Å². The smallest absolute Gasteiger partial charge is 0.292 e. The summed E-state index contributed by atoms with van der Waals surface area (Å²) in [6.07, 6.45) is -4.76. The highest BCUT2D eigenvalue weighted by molar-refractivity contribution is 6.33. The van der Waals surface area contributed by atoms with Crippen molar-refractivity contribution >= 4 is 28.9 Å². The number of hydrogen-bond donors (Lipinski definition) is 2. The Kier molecular flexibility index (Phi) is 5.12. The van der Waals surface area contributed by atoms with Crippen LogP contribution in [0.3, 0.4) is 0 Å². The van der Waals surface area contributed by atoms with Crippen LogP contribution in [0, 0.1) is 15.9 Å². The molecular formula is C14H8ClF4N3O3. The molecule has 0 radical (unpaired) electrons. The van der Waals surface area contributed by atoms with Crippen molar-refractivity contribution < 1.29 is 27.3 Å². The minimum Gasteiger partial charge on any atom is -0.292 e. The number of alkyl halides is 3. The van der Waals surface area contributed by atoms with E-state index >= 15 is 0 Å². The Morgan fingerprint density at radius 1 is 1.16 bits per heavy atom. The first-order valence-electron chi connectivity index (χ1n) is 6.46. The van der Waals surface area contributed by atoms with Crippen LogP contribution in [0.1, 0.15) is 15.9 Å². The van der Waals surface area contributed by atoms with E-state index < -0.39 is 34.1 Å². The van der Waals surface area contributed by atoms with Crippen molar-refractivity contribution in [2.75, 3.05) is 5.43 Å². The quantitative estimate of drug-likeness (QED) is 0.476. The molecule has 0 aliphatic rings. The highest BCUT2D eigenvalue weighted by Gasteiger charge is 2.33. The minimum absolute atomic E-state index is 0.134. The zero-order valence-electron chi connectivity index (χ0n) is 12.0. The van der Waals surface area contributed by atoms with E-state index in [-0.39, 0.29) is 16.3 Å². The summed E-state index contributed by atoms with van der Waals surface area (Å²) in [4.78, 5) is 21.8. The number of rotatable bonds is 4. The van der Waals surface area contributed by atoms with E-state index in [1.54, 1.807) is 0 Å². The van der Waals surface area contributed by atoms with Crippen LogP contribution in [0.5, 0.6) is 0 Å². The number of carbonyl (C=O) groups is 1. The van der Waals surface area contributed by atoms with Gasteiger partial charge in [0.15, 0.2) is 0 Å². The second-order valence-corrected chi connectivity index (χ2v) is 5.10. The van der Waals surface area contributed by atoms with Gasteiger partial charge in [0.25, 0.3) is 11.6 Å². The molecule has 0 heterocycles. The Balaban J connectivity index is 2.22. The van der Waals surface area contributed by atoms with Crippen molar-refractivity contribution in [1.82, 2.24) is 5.43 Å². The molecule has 0 spiro atoms. The molecule has 0 atom stereocenters. The van der Waals surface area contributed by atoms with Crippen molar-refractivity contribution in [3.63, 3.8) is 0 Å². The van der Waals surface area contributed by atoms with Crippen LogP contribution in [0.4, 0.5) is 28.9 Å². The summed E-state index contributed by atoms with van der Waals surface area (Å²) >= 11 is 5.70. The predicted octanol–water partition coefficient (Wildman–Crippen LogP) is 4.16. The number of amides is 1. The van der Waals surface area contributed by atoms with Gasteiger partial charge in [-0.05, 0) is 30.3 Å². The van der Waals surface area contributed by atoms with Crippen molar-refractivity contribution in [1.29, 1.82) is 0 Å². The van der Waals surface area contributed by atoms with E-state index in [9.17, 15) is 32.5 Å². The molecule has 0 aliphatic carbocycles. The molecule has 0 aliphatic heterocycles. The van der Waals surface area contributed by atoms with Gasteiger partial charge in [-0.15, -0.1) is 0 Å². The molecule has 2 rings (SSSR count). The molecule has 25 heavy (non-hydrogen) atoms. The Labute approximate surface area is 142 Å². The number of benzene rings is 2. The number of nitro groups is 1. The van der Waals surface area contributed by atoms with Crippen LogP contribution in [-0.2, 0) is 6.18 Å². The molecule has 2 aromatic rings. The maximum Gasteiger partial charge on any atom is 0.416 e. The van der Waals surface area contributed by atoms with E-state index in [0.717, 1.165) is 24.3 Å². The molecular weight excluding hydrogens is 370 g/mol. The lowest BCUT2D eigenvalue weighted by atomic mass is 10.1. The molecule has 0 aromatic heterocycles. The van der Waals surface area contributed by atoms with Gasteiger partial charge in [-0.1, -0.05) is 11.6 Å². The summed E-state index contributed by atoms with van der Waals surface area (Å²) < 4.78 is 50.8. The molecule has 0 bridgehead atoms. The lowest BCUT2D eigenvalue weighted by Crippen LogP contribution is -2.30. The number of halogens is 5. The molecule has 0 unspecified atom stereocenters. The van der Waals surface area contributed by atoms with Gasteiger partial charge in [-0.25, -0.2) is 4.39 Å². The summed E-state index contributed by atoms with van der Waals surface area (Å²) in [6.45, 7) is 0. The fraction of sp³-hybridized carbons (Fsp3) is 0.0714. The zero-order chi connectivity index (χ0) is 18.8. The molecule has 132 valence electrons. The molecule has 2 aromatic carbocycles. The van der Waals surface area contributed by atoms with Crippen LogP contribution in [0.2, 0.25) is 5.02 Å². The van der Waals surface area contributed by atoms with Crippen molar-refractivity contribution in [2.24, 2.45) is 0 Å². The van der Waals surface area contributed by atoms with E-state index in [0.29, 0.717) is 12.1 Å². The van der Waals surface area contributed by atoms with Crippen LogP contribution in [0.15, 0.2) is 36.4 Å². The molecule has 0 fully saturated rings. The third-order valence-corrected chi connectivity index (χ3v) is 3.32. The molecule has 2 N–H and O–H groups in total. The third-order valence-electron chi connectivity index (χ3n) is 3.01. The number of carbonyl (C=O) groups excluding carboxylic acids is 1. The molecule has 0 saturated heterocycles. The summed E-state index contributed by atoms with van der Waals surface area (Å²) in [6, 6.07) is 4.69. The first kappa shape index (κ1) is 18.5. The van der Waals surface area contributed by atoms with E-state index in [1.165, 1.54) is 0 Å². The molecule has 6 nitrogen and oxygen atoms in total. The Bertz CT molecular complexity index is 843. The number of hydrogen-bond acceptors (Lipinski definition) is 4. The van der Waals surface area contributed by atoms with Gasteiger partial charge in [0.2, 0.25) is 0 Å². The van der Waals surface area contributed by atoms with Crippen LogP contribution >= 0.6 is 11.6 Å². The number of nitrogens with one attached hydrogen (secondary N) is 2. The van der Waals surface area contributed by atoms with Gasteiger partial charge >= 0.3 is 6.18 Å².